The third-order valence-electron chi connectivity index (χ3n) is 3.14. The average molecular weight is 338 g/mol. The van der Waals surface area contributed by atoms with Crippen molar-refractivity contribution in [1.82, 2.24) is 10.3 Å². The van der Waals surface area contributed by atoms with Crippen molar-refractivity contribution in [1.29, 1.82) is 0 Å². The lowest BCUT2D eigenvalue weighted by Gasteiger charge is -2.24. The summed E-state index contributed by atoms with van der Waals surface area (Å²) in [6, 6.07) is 3.87. The van der Waals surface area contributed by atoms with E-state index in [1.54, 1.807) is 16.7 Å². The molecule has 22 heavy (non-hydrogen) atoms. The fourth-order valence-corrected chi connectivity index (χ4v) is 3.19. The first-order valence-corrected chi connectivity index (χ1v) is 8.65. The molecule has 0 bridgehead atoms. The van der Waals surface area contributed by atoms with Crippen molar-refractivity contribution >= 4 is 34.6 Å². The summed E-state index contributed by atoms with van der Waals surface area (Å²) in [5, 5.41) is 7.18. The minimum atomic E-state index is -0.580. The first-order chi connectivity index (χ1) is 10.4. The summed E-state index contributed by atoms with van der Waals surface area (Å²) >= 11 is 2.94. The summed E-state index contributed by atoms with van der Waals surface area (Å²) in [6.07, 6.45) is 0.795. The molecule has 118 valence electrons. The lowest BCUT2D eigenvalue weighted by molar-refractivity contribution is -0.125. The second-order valence-corrected chi connectivity index (χ2v) is 7.18. The maximum absolute atomic E-state index is 11.9. The molecule has 0 unspecified atom stereocenters. The summed E-state index contributed by atoms with van der Waals surface area (Å²) in [5.74, 6) is -0.891. The molecule has 2 aromatic rings. The monoisotopic (exact) mass is 338 g/mol. The van der Waals surface area contributed by atoms with Gasteiger partial charge in [-0.3, -0.25) is 4.79 Å². The number of carbonyl (C=O) groups excluding carboxylic acids is 2. The third-order valence-corrected chi connectivity index (χ3v) is 5.02. The average Bonchev–Trinajstić information content (AvgIpc) is 3.14. The van der Waals surface area contributed by atoms with Gasteiger partial charge in [0.1, 0.15) is 5.01 Å². The van der Waals surface area contributed by atoms with Crippen LogP contribution in [-0.2, 0) is 9.53 Å². The van der Waals surface area contributed by atoms with Crippen molar-refractivity contribution in [2.75, 3.05) is 6.61 Å². The van der Waals surface area contributed by atoms with Gasteiger partial charge in [-0.25, -0.2) is 9.78 Å². The van der Waals surface area contributed by atoms with Gasteiger partial charge < -0.3 is 10.1 Å². The van der Waals surface area contributed by atoms with Crippen LogP contribution in [0.2, 0.25) is 0 Å². The zero-order chi connectivity index (χ0) is 16.2. The molecule has 0 aliphatic rings. The van der Waals surface area contributed by atoms with Crippen LogP contribution in [0.5, 0.6) is 0 Å². The first kappa shape index (κ1) is 16.6. The summed E-state index contributed by atoms with van der Waals surface area (Å²) < 4.78 is 5.01. The Morgan fingerprint density at radius 3 is 2.77 bits per heavy atom. The third kappa shape index (κ3) is 4.38. The Bertz CT molecular complexity index is 648. The lowest BCUT2D eigenvalue weighted by atomic mass is 10.0. The highest BCUT2D eigenvalue weighted by Crippen LogP contribution is 2.27. The van der Waals surface area contributed by atoms with Crippen molar-refractivity contribution in [3.05, 3.63) is 28.6 Å². The Morgan fingerprint density at radius 1 is 1.36 bits per heavy atom. The van der Waals surface area contributed by atoms with Crippen molar-refractivity contribution in [3.63, 3.8) is 0 Å². The van der Waals surface area contributed by atoms with Gasteiger partial charge >= 0.3 is 5.97 Å². The van der Waals surface area contributed by atoms with Crippen LogP contribution < -0.4 is 5.32 Å². The number of nitrogens with one attached hydrogen (secondary N) is 1. The van der Waals surface area contributed by atoms with Crippen molar-refractivity contribution in [2.45, 2.75) is 32.7 Å². The Labute approximate surface area is 137 Å². The molecule has 0 fully saturated rings. The molecule has 2 heterocycles. The highest BCUT2D eigenvalue weighted by Gasteiger charge is 2.20. The number of ether oxygens (including phenoxy) is 1. The van der Waals surface area contributed by atoms with Crippen LogP contribution >= 0.6 is 22.7 Å². The van der Waals surface area contributed by atoms with E-state index in [9.17, 15) is 9.59 Å². The topological polar surface area (TPSA) is 68.3 Å². The minimum Gasteiger partial charge on any atom is -0.451 e. The fourth-order valence-electron chi connectivity index (χ4n) is 1.59. The van der Waals surface area contributed by atoms with Crippen molar-refractivity contribution < 1.29 is 14.3 Å². The number of nitrogens with zero attached hydrogens (tertiary/aromatic N) is 1. The van der Waals surface area contributed by atoms with Crippen LogP contribution in [0.1, 0.15) is 37.7 Å². The van der Waals surface area contributed by atoms with E-state index in [4.69, 9.17) is 4.74 Å². The van der Waals surface area contributed by atoms with Crippen LogP contribution in [0.4, 0.5) is 0 Å². The number of hydrogen-bond acceptors (Lipinski definition) is 6. The molecule has 0 radical (unpaired) electrons. The van der Waals surface area contributed by atoms with E-state index in [0.717, 1.165) is 16.3 Å². The van der Waals surface area contributed by atoms with Gasteiger partial charge in [0.05, 0.1) is 4.88 Å². The molecule has 5 nitrogen and oxygen atoms in total. The number of esters is 1. The first-order valence-electron chi connectivity index (χ1n) is 6.89. The number of thiophene rings is 1. The minimum absolute atomic E-state index is 0.232. The van der Waals surface area contributed by atoms with Crippen molar-refractivity contribution in [3.8, 4) is 9.88 Å². The molecule has 0 atom stereocenters. The highest BCUT2D eigenvalue weighted by molar-refractivity contribution is 7.20. The summed E-state index contributed by atoms with van der Waals surface area (Å²) in [4.78, 5) is 28.9. The normalized spacial score (nSPS) is 11.2. The molecule has 0 spiro atoms. The number of hydrogen-bond donors (Lipinski definition) is 1. The van der Waals surface area contributed by atoms with E-state index in [1.165, 1.54) is 11.3 Å². The zero-order valence-corrected chi connectivity index (χ0v) is 14.3. The summed E-state index contributed by atoms with van der Waals surface area (Å²) in [5.41, 5.74) is -0.0767. The van der Waals surface area contributed by atoms with Gasteiger partial charge in [-0.1, -0.05) is 13.0 Å². The van der Waals surface area contributed by atoms with Crippen molar-refractivity contribution in [2.24, 2.45) is 0 Å². The molecule has 2 rings (SSSR count). The number of thiazole rings is 1. The Morgan fingerprint density at radius 2 is 2.14 bits per heavy atom. The van der Waals surface area contributed by atoms with Crippen LogP contribution in [0.15, 0.2) is 22.9 Å². The molecule has 0 aliphatic heterocycles. The molecule has 2 aromatic heterocycles. The molecule has 0 aromatic carbocycles. The lowest BCUT2D eigenvalue weighted by Crippen LogP contribution is -2.44. The number of aromatic nitrogens is 1. The van der Waals surface area contributed by atoms with Gasteiger partial charge in [-0.05, 0) is 31.7 Å². The van der Waals surface area contributed by atoms with E-state index < -0.39 is 5.97 Å². The second-order valence-electron chi connectivity index (χ2n) is 5.38. The fraction of sp³-hybridized carbons (Fsp3) is 0.400. The van der Waals surface area contributed by atoms with E-state index in [2.05, 4.69) is 10.3 Å². The van der Waals surface area contributed by atoms with Gasteiger partial charge in [0, 0.05) is 10.9 Å². The SMILES string of the molecule is CCC(C)(C)NC(=O)COC(=O)c1csc(-c2cccs2)n1. The maximum Gasteiger partial charge on any atom is 0.358 e. The summed E-state index contributed by atoms with van der Waals surface area (Å²) in [7, 11) is 0. The molecule has 0 aliphatic carbocycles. The number of rotatable bonds is 6. The number of amides is 1. The van der Waals surface area contributed by atoms with E-state index in [-0.39, 0.29) is 23.7 Å². The van der Waals surface area contributed by atoms with Gasteiger partial charge in [-0.15, -0.1) is 22.7 Å². The second kappa shape index (κ2) is 7.02. The van der Waals surface area contributed by atoms with Gasteiger partial charge in [0.2, 0.25) is 0 Å². The molecule has 7 heteroatoms. The Balaban J connectivity index is 1.89. The van der Waals surface area contributed by atoms with Gasteiger partial charge in [0.25, 0.3) is 5.91 Å². The van der Waals surface area contributed by atoms with Crippen LogP contribution in [0, 0.1) is 0 Å². The molecule has 1 N–H and O–H groups in total. The van der Waals surface area contributed by atoms with E-state index >= 15 is 0 Å². The van der Waals surface area contributed by atoms with E-state index in [0.29, 0.717) is 0 Å². The molecular formula is C15H18N2O3S2. The van der Waals surface area contributed by atoms with E-state index in [1.807, 2.05) is 38.3 Å². The molecule has 1 amide bonds. The molecule has 0 saturated carbocycles. The van der Waals surface area contributed by atoms with Gasteiger partial charge in [0.15, 0.2) is 12.3 Å². The van der Waals surface area contributed by atoms with Crippen LogP contribution in [-0.4, -0.2) is 29.0 Å². The predicted octanol–water partition coefficient (Wildman–Crippen LogP) is 3.33. The smallest absolute Gasteiger partial charge is 0.358 e. The van der Waals surface area contributed by atoms with Gasteiger partial charge in [-0.2, -0.15) is 0 Å². The maximum atomic E-state index is 11.9. The number of carbonyl (C=O) groups is 2. The standard InChI is InChI=1S/C15H18N2O3S2/c1-4-15(2,3)17-12(18)8-20-14(19)10-9-22-13(16-10)11-6-5-7-21-11/h5-7,9H,4,8H2,1-3H3,(H,17,18). The van der Waals surface area contributed by atoms with Crippen LogP contribution in [0.3, 0.4) is 0 Å². The molecule has 0 saturated heterocycles. The quantitative estimate of drug-likeness (QED) is 0.820. The highest BCUT2D eigenvalue weighted by atomic mass is 32.1. The summed E-state index contributed by atoms with van der Waals surface area (Å²) in [6.45, 7) is 5.52. The van der Waals surface area contributed by atoms with Crippen LogP contribution in [0.25, 0.3) is 9.88 Å². The zero-order valence-electron chi connectivity index (χ0n) is 12.7. The predicted molar refractivity (Wildman–Crippen MR) is 88.2 cm³/mol. The molecular weight excluding hydrogens is 320 g/mol. The largest absolute Gasteiger partial charge is 0.451 e. The Kier molecular flexibility index (Phi) is 5.31. The Hall–Kier alpha value is -1.73.